The van der Waals surface area contributed by atoms with E-state index in [1.54, 1.807) is 24.3 Å². The maximum atomic E-state index is 12.7. The van der Waals surface area contributed by atoms with Gasteiger partial charge in [0.25, 0.3) is 0 Å². The molecule has 2 aromatic rings. The van der Waals surface area contributed by atoms with Crippen LogP contribution in [0.4, 0.5) is 13.2 Å². The third-order valence-electron chi connectivity index (χ3n) is 3.48. The quantitative estimate of drug-likeness (QED) is 0.898. The second-order valence-corrected chi connectivity index (χ2v) is 5.25. The van der Waals surface area contributed by atoms with Gasteiger partial charge in [-0.3, -0.25) is 5.48 Å². The molecule has 0 aromatic heterocycles. The average Bonchev–Trinajstić information content (AvgIpc) is 2.98. The first-order valence-electron chi connectivity index (χ1n) is 7.10. The van der Waals surface area contributed by atoms with E-state index in [9.17, 15) is 18.3 Å². The van der Waals surface area contributed by atoms with Crippen molar-refractivity contribution in [2.75, 3.05) is 0 Å². The Hall–Kier alpha value is -2.51. The van der Waals surface area contributed by atoms with Crippen LogP contribution in [0.2, 0.25) is 0 Å². The van der Waals surface area contributed by atoms with E-state index >= 15 is 0 Å². The van der Waals surface area contributed by atoms with Crippen molar-refractivity contribution >= 4 is 5.70 Å². The van der Waals surface area contributed by atoms with Crippen molar-refractivity contribution in [3.63, 3.8) is 0 Å². The molecular weight excluding hydrogens is 323 g/mol. The van der Waals surface area contributed by atoms with E-state index in [1.165, 1.54) is 0 Å². The Kier molecular flexibility index (Phi) is 4.21. The van der Waals surface area contributed by atoms with Gasteiger partial charge in [0.15, 0.2) is 0 Å². The highest BCUT2D eigenvalue weighted by atomic mass is 19.4. The lowest BCUT2D eigenvalue weighted by molar-refractivity contribution is -0.345. The molecule has 0 aliphatic carbocycles. The van der Waals surface area contributed by atoms with Crippen molar-refractivity contribution in [3.8, 4) is 5.75 Å². The van der Waals surface area contributed by atoms with Crippen LogP contribution in [-0.2, 0) is 11.4 Å². The Morgan fingerprint density at radius 2 is 1.71 bits per heavy atom. The summed E-state index contributed by atoms with van der Waals surface area (Å²) < 4.78 is 43.6. The molecule has 1 aliphatic rings. The minimum absolute atomic E-state index is 0.0319. The first kappa shape index (κ1) is 16.4. The van der Waals surface area contributed by atoms with Gasteiger partial charge < -0.3 is 9.84 Å². The summed E-state index contributed by atoms with van der Waals surface area (Å²) in [5, 5.41) is 9.41. The molecular formula is C17H14F3NO3. The zero-order valence-corrected chi connectivity index (χ0v) is 12.4. The molecule has 0 saturated heterocycles. The summed E-state index contributed by atoms with van der Waals surface area (Å²) in [4.78, 5) is 4.26. The highest BCUT2D eigenvalue weighted by molar-refractivity contribution is 5.66. The van der Waals surface area contributed by atoms with Crippen molar-refractivity contribution in [2.24, 2.45) is 0 Å². The summed E-state index contributed by atoms with van der Waals surface area (Å²) in [6, 6.07) is 16.0. The van der Waals surface area contributed by atoms with Crippen LogP contribution in [0.1, 0.15) is 11.1 Å². The fourth-order valence-electron chi connectivity index (χ4n) is 2.14. The van der Waals surface area contributed by atoms with E-state index in [4.69, 9.17) is 4.74 Å². The molecule has 0 amide bonds. The van der Waals surface area contributed by atoms with E-state index in [0.717, 1.165) is 5.56 Å². The zero-order valence-electron chi connectivity index (χ0n) is 12.4. The van der Waals surface area contributed by atoms with Gasteiger partial charge in [-0.05, 0) is 29.8 Å². The second kappa shape index (κ2) is 6.18. The second-order valence-electron chi connectivity index (χ2n) is 5.25. The topological polar surface area (TPSA) is 50.7 Å². The smallest absolute Gasteiger partial charge is 0.449 e. The van der Waals surface area contributed by atoms with Crippen molar-refractivity contribution < 1.29 is 27.9 Å². The molecule has 1 atom stereocenters. The maximum Gasteiger partial charge on any atom is 0.449 e. The number of aliphatic hydroxyl groups is 1. The van der Waals surface area contributed by atoms with Gasteiger partial charge in [-0.1, -0.05) is 30.3 Å². The minimum Gasteiger partial charge on any atom is -0.489 e. The summed E-state index contributed by atoms with van der Waals surface area (Å²) >= 11 is 0. The van der Waals surface area contributed by atoms with Crippen LogP contribution in [0.5, 0.6) is 5.75 Å². The standard InChI is InChI=1S/C17H14F3NO3/c18-17(19,20)16(22)10-15(21-24-16)13-6-8-14(9-7-13)23-11-12-4-2-1-3-5-12/h1-10,21-22H,11H2. The minimum atomic E-state index is -4.93. The number of nitrogens with one attached hydrogen (secondary N) is 1. The summed E-state index contributed by atoms with van der Waals surface area (Å²) in [5.74, 6) is -2.75. The monoisotopic (exact) mass is 337 g/mol. The first-order chi connectivity index (χ1) is 11.4. The molecule has 24 heavy (non-hydrogen) atoms. The fraction of sp³-hybridized carbons (Fsp3) is 0.176. The van der Waals surface area contributed by atoms with Crippen LogP contribution in [0.25, 0.3) is 5.70 Å². The number of rotatable bonds is 4. The van der Waals surface area contributed by atoms with E-state index in [0.29, 0.717) is 24.0 Å². The molecule has 0 bridgehead atoms. The van der Waals surface area contributed by atoms with Gasteiger partial charge in [0.05, 0.1) is 5.70 Å². The fourth-order valence-corrected chi connectivity index (χ4v) is 2.14. The number of hydrogen-bond donors (Lipinski definition) is 2. The average molecular weight is 337 g/mol. The van der Waals surface area contributed by atoms with Crippen molar-refractivity contribution in [3.05, 3.63) is 71.8 Å². The molecule has 4 nitrogen and oxygen atoms in total. The van der Waals surface area contributed by atoms with Crippen LogP contribution in [0, 0.1) is 0 Å². The molecule has 3 rings (SSSR count). The number of halogens is 3. The SMILES string of the molecule is OC1(C(F)(F)F)C=C(c2ccc(OCc3ccccc3)cc2)NO1. The molecule has 0 radical (unpaired) electrons. The third kappa shape index (κ3) is 3.37. The molecule has 0 saturated carbocycles. The molecule has 0 fully saturated rings. The number of ether oxygens (including phenoxy) is 1. The lowest BCUT2D eigenvalue weighted by Gasteiger charge is -2.21. The lowest BCUT2D eigenvalue weighted by Crippen LogP contribution is -2.45. The Bertz CT molecular complexity index is 729. The highest BCUT2D eigenvalue weighted by Gasteiger charge is 2.57. The van der Waals surface area contributed by atoms with Crippen LogP contribution in [0.3, 0.4) is 0 Å². The van der Waals surface area contributed by atoms with Crippen molar-refractivity contribution in [1.82, 2.24) is 5.48 Å². The number of benzene rings is 2. The predicted octanol–water partition coefficient (Wildman–Crippen LogP) is 3.39. The number of hydrogen-bond acceptors (Lipinski definition) is 4. The highest BCUT2D eigenvalue weighted by Crippen LogP contribution is 2.37. The van der Waals surface area contributed by atoms with E-state index in [-0.39, 0.29) is 5.70 Å². The van der Waals surface area contributed by atoms with Gasteiger partial charge in [-0.2, -0.15) is 13.2 Å². The Balaban J connectivity index is 1.68. The van der Waals surface area contributed by atoms with E-state index in [2.05, 4.69) is 10.3 Å². The summed E-state index contributed by atoms with van der Waals surface area (Å²) in [6.45, 7) is 0.387. The predicted molar refractivity (Wildman–Crippen MR) is 80.4 cm³/mol. The lowest BCUT2D eigenvalue weighted by atomic mass is 10.1. The largest absolute Gasteiger partial charge is 0.489 e. The Labute approximate surface area is 136 Å². The van der Waals surface area contributed by atoms with Gasteiger partial charge in [0.2, 0.25) is 0 Å². The number of hydroxylamine groups is 1. The molecule has 126 valence electrons. The van der Waals surface area contributed by atoms with Crippen molar-refractivity contribution in [1.29, 1.82) is 0 Å². The van der Waals surface area contributed by atoms with Crippen LogP contribution < -0.4 is 10.2 Å². The Morgan fingerprint density at radius 1 is 1.04 bits per heavy atom. The molecule has 2 aromatic carbocycles. The van der Waals surface area contributed by atoms with Crippen molar-refractivity contribution in [2.45, 2.75) is 18.6 Å². The van der Waals surface area contributed by atoms with Gasteiger partial charge in [0.1, 0.15) is 12.4 Å². The summed E-state index contributed by atoms with van der Waals surface area (Å²) in [6.07, 6.45) is -4.34. The van der Waals surface area contributed by atoms with Crippen LogP contribution >= 0.6 is 0 Å². The summed E-state index contributed by atoms with van der Waals surface area (Å²) in [7, 11) is 0. The molecule has 1 unspecified atom stereocenters. The van der Waals surface area contributed by atoms with Gasteiger partial charge in [0, 0.05) is 11.6 Å². The van der Waals surface area contributed by atoms with Gasteiger partial charge in [-0.25, -0.2) is 4.84 Å². The zero-order chi connectivity index (χ0) is 17.2. The third-order valence-corrected chi connectivity index (χ3v) is 3.48. The van der Waals surface area contributed by atoms with Gasteiger partial charge in [-0.15, -0.1) is 0 Å². The first-order valence-corrected chi connectivity index (χ1v) is 7.10. The van der Waals surface area contributed by atoms with E-state index in [1.807, 2.05) is 30.3 Å². The molecule has 0 spiro atoms. The van der Waals surface area contributed by atoms with Crippen LogP contribution in [0.15, 0.2) is 60.7 Å². The van der Waals surface area contributed by atoms with Gasteiger partial charge >= 0.3 is 12.0 Å². The number of alkyl halides is 3. The molecule has 1 aliphatic heterocycles. The molecule has 7 heteroatoms. The molecule has 1 heterocycles. The maximum absolute atomic E-state index is 12.7. The molecule has 2 N–H and O–H groups in total. The van der Waals surface area contributed by atoms with Crippen LogP contribution in [-0.4, -0.2) is 17.1 Å². The normalized spacial score (nSPS) is 20.4. The Morgan fingerprint density at radius 3 is 2.29 bits per heavy atom. The summed E-state index contributed by atoms with van der Waals surface area (Å²) in [5.41, 5.74) is 3.57. The van der Waals surface area contributed by atoms with E-state index < -0.39 is 12.0 Å².